The van der Waals surface area contributed by atoms with Crippen molar-refractivity contribution in [3.63, 3.8) is 0 Å². The summed E-state index contributed by atoms with van der Waals surface area (Å²) < 4.78 is 6.19. The highest BCUT2D eigenvalue weighted by Crippen LogP contribution is 2.26. The van der Waals surface area contributed by atoms with Crippen LogP contribution < -0.4 is 4.74 Å². The standard InChI is InChI=1S/C16H18BrNO2/c1-4-9-18(10-5-2)16(19)13-7-8-15(14(17)12-13)20-11-6-3/h4-8,12H,1-3,9-11H2. The van der Waals surface area contributed by atoms with Crippen LogP contribution in [0.25, 0.3) is 0 Å². The van der Waals surface area contributed by atoms with E-state index >= 15 is 0 Å². The summed E-state index contributed by atoms with van der Waals surface area (Å²) in [5, 5.41) is 0. The number of nitrogens with zero attached hydrogens (tertiary/aromatic N) is 1. The van der Waals surface area contributed by atoms with Crippen LogP contribution in [0.5, 0.6) is 5.75 Å². The minimum atomic E-state index is -0.0687. The molecule has 1 aromatic carbocycles. The van der Waals surface area contributed by atoms with Gasteiger partial charge in [-0.1, -0.05) is 24.8 Å². The van der Waals surface area contributed by atoms with Gasteiger partial charge in [0, 0.05) is 18.7 Å². The molecule has 0 atom stereocenters. The van der Waals surface area contributed by atoms with E-state index in [-0.39, 0.29) is 5.91 Å². The fourth-order valence-corrected chi connectivity index (χ4v) is 2.13. The van der Waals surface area contributed by atoms with E-state index in [1.807, 2.05) is 0 Å². The monoisotopic (exact) mass is 335 g/mol. The first-order valence-corrected chi connectivity index (χ1v) is 6.97. The number of carbonyl (C=O) groups excluding carboxylic acids is 1. The Bertz CT molecular complexity index is 501. The van der Waals surface area contributed by atoms with Gasteiger partial charge >= 0.3 is 0 Å². The molecule has 0 bridgehead atoms. The van der Waals surface area contributed by atoms with Crippen molar-refractivity contribution in [2.45, 2.75) is 0 Å². The van der Waals surface area contributed by atoms with Gasteiger partial charge in [0.25, 0.3) is 5.91 Å². The van der Waals surface area contributed by atoms with Crippen LogP contribution in [0, 0.1) is 0 Å². The van der Waals surface area contributed by atoms with Crippen molar-refractivity contribution in [3.05, 3.63) is 66.2 Å². The van der Waals surface area contributed by atoms with Gasteiger partial charge in [-0.25, -0.2) is 0 Å². The normalized spacial score (nSPS) is 9.65. The summed E-state index contributed by atoms with van der Waals surface area (Å²) >= 11 is 3.40. The van der Waals surface area contributed by atoms with E-state index in [9.17, 15) is 4.79 Å². The topological polar surface area (TPSA) is 29.5 Å². The molecule has 0 fully saturated rings. The predicted molar refractivity (Wildman–Crippen MR) is 86.1 cm³/mol. The number of halogens is 1. The summed E-state index contributed by atoms with van der Waals surface area (Å²) in [6.45, 7) is 12.3. The Kier molecular flexibility index (Phi) is 6.81. The molecule has 0 unspecified atom stereocenters. The summed E-state index contributed by atoms with van der Waals surface area (Å²) in [5.41, 5.74) is 0.589. The summed E-state index contributed by atoms with van der Waals surface area (Å²) in [6.07, 6.45) is 5.05. The maximum atomic E-state index is 12.4. The second kappa shape index (κ2) is 8.38. The Balaban J connectivity index is 2.92. The molecular formula is C16H18BrNO2. The van der Waals surface area contributed by atoms with Crippen molar-refractivity contribution >= 4 is 21.8 Å². The van der Waals surface area contributed by atoms with Crippen molar-refractivity contribution in [1.29, 1.82) is 0 Å². The highest BCUT2D eigenvalue weighted by atomic mass is 79.9. The molecule has 0 radical (unpaired) electrons. The van der Waals surface area contributed by atoms with Gasteiger partial charge in [0.1, 0.15) is 12.4 Å². The van der Waals surface area contributed by atoms with E-state index in [0.717, 1.165) is 4.47 Å². The van der Waals surface area contributed by atoms with Crippen LogP contribution in [0.2, 0.25) is 0 Å². The molecule has 0 aromatic heterocycles. The van der Waals surface area contributed by atoms with E-state index in [0.29, 0.717) is 31.0 Å². The fraction of sp³-hybridized carbons (Fsp3) is 0.188. The largest absolute Gasteiger partial charge is 0.488 e. The second-order valence-corrected chi connectivity index (χ2v) is 4.89. The van der Waals surface area contributed by atoms with E-state index in [1.165, 1.54) is 0 Å². The molecule has 0 aliphatic carbocycles. The van der Waals surface area contributed by atoms with Gasteiger partial charge in [0.15, 0.2) is 0 Å². The SMILES string of the molecule is C=CCOc1ccc(C(=O)N(CC=C)CC=C)cc1Br. The number of amides is 1. The van der Waals surface area contributed by atoms with Crippen LogP contribution in [-0.2, 0) is 0 Å². The Hall–Kier alpha value is -1.81. The molecular weight excluding hydrogens is 318 g/mol. The molecule has 106 valence electrons. The lowest BCUT2D eigenvalue weighted by atomic mass is 10.2. The van der Waals surface area contributed by atoms with Crippen molar-refractivity contribution < 1.29 is 9.53 Å². The second-order valence-electron chi connectivity index (χ2n) is 4.03. The van der Waals surface area contributed by atoms with Gasteiger partial charge in [0.05, 0.1) is 4.47 Å². The predicted octanol–water partition coefficient (Wildman–Crippen LogP) is 3.83. The van der Waals surface area contributed by atoms with Crippen molar-refractivity contribution in [3.8, 4) is 5.75 Å². The summed E-state index contributed by atoms with van der Waals surface area (Å²) in [5.74, 6) is 0.612. The maximum Gasteiger partial charge on any atom is 0.254 e. The summed E-state index contributed by atoms with van der Waals surface area (Å²) in [7, 11) is 0. The van der Waals surface area contributed by atoms with E-state index < -0.39 is 0 Å². The third-order valence-corrected chi connectivity index (χ3v) is 3.14. The smallest absolute Gasteiger partial charge is 0.254 e. The molecule has 0 aliphatic heterocycles. The van der Waals surface area contributed by atoms with Crippen LogP contribution in [0.15, 0.2) is 60.6 Å². The summed E-state index contributed by atoms with van der Waals surface area (Å²) in [4.78, 5) is 14.0. The average Bonchev–Trinajstić information content (AvgIpc) is 2.45. The van der Waals surface area contributed by atoms with Crippen molar-refractivity contribution in [2.75, 3.05) is 19.7 Å². The van der Waals surface area contributed by atoms with Crippen LogP contribution in [0.3, 0.4) is 0 Å². The molecule has 4 heteroatoms. The number of hydrogen-bond acceptors (Lipinski definition) is 2. The zero-order valence-electron chi connectivity index (χ0n) is 11.3. The lowest BCUT2D eigenvalue weighted by molar-refractivity contribution is 0.0790. The van der Waals surface area contributed by atoms with E-state index in [4.69, 9.17) is 4.74 Å². The third-order valence-electron chi connectivity index (χ3n) is 2.52. The number of benzene rings is 1. The lowest BCUT2D eigenvalue weighted by Crippen LogP contribution is -2.31. The Labute approximate surface area is 128 Å². The quantitative estimate of drug-likeness (QED) is 0.675. The third kappa shape index (κ3) is 4.38. The minimum absolute atomic E-state index is 0.0687. The molecule has 1 aromatic rings. The molecule has 0 spiro atoms. The first kappa shape index (κ1) is 16.2. The van der Waals surface area contributed by atoms with E-state index in [1.54, 1.807) is 41.3 Å². The van der Waals surface area contributed by atoms with Gasteiger partial charge in [0.2, 0.25) is 0 Å². The first-order valence-electron chi connectivity index (χ1n) is 6.18. The maximum absolute atomic E-state index is 12.4. The van der Waals surface area contributed by atoms with Gasteiger partial charge < -0.3 is 9.64 Å². The molecule has 20 heavy (non-hydrogen) atoms. The lowest BCUT2D eigenvalue weighted by Gasteiger charge is -2.19. The zero-order valence-corrected chi connectivity index (χ0v) is 12.9. The Morgan fingerprint density at radius 2 is 1.85 bits per heavy atom. The van der Waals surface area contributed by atoms with E-state index in [2.05, 4.69) is 35.7 Å². The molecule has 0 heterocycles. The fourth-order valence-electron chi connectivity index (χ4n) is 1.63. The van der Waals surface area contributed by atoms with Crippen LogP contribution >= 0.6 is 15.9 Å². The van der Waals surface area contributed by atoms with Crippen LogP contribution in [-0.4, -0.2) is 30.5 Å². The molecule has 0 aliphatic rings. The first-order chi connectivity index (χ1) is 9.63. The number of rotatable bonds is 8. The number of ether oxygens (including phenoxy) is 1. The number of hydrogen-bond donors (Lipinski definition) is 0. The molecule has 0 saturated carbocycles. The molecule has 0 saturated heterocycles. The molecule has 1 rings (SSSR count). The van der Waals surface area contributed by atoms with Crippen LogP contribution in [0.4, 0.5) is 0 Å². The summed E-state index contributed by atoms with van der Waals surface area (Å²) in [6, 6.07) is 5.26. The number of carbonyl (C=O) groups is 1. The van der Waals surface area contributed by atoms with Crippen molar-refractivity contribution in [2.24, 2.45) is 0 Å². The van der Waals surface area contributed by atoms with Crippen LogP contribution in [0.1, 0.15) is 10.4 Å². The van der Waals surface area contributed by atoms with Gasteiger partial charge in [-0.15, -0.1) is 13.2 Å². The highest BCUT2D eigenvalue weighted by Gasteiger charge is 2.14. The highest BCUT2D eigenvalue weighted by molar-refractivity contribution is 9.10. The van der Waals surface area contributed by atoms with Gasteiger partial charge in [-0.05, 0) is 34.1 Å². The minimum Gasteiger partial charge on any atom is -0.488 e. The Morgan fingerprint density at radius 3 is 2.35 bits per heavy atom. The van der Waals surface area contributed by atoms with Crippen molar-refractivity contribution in [1.82, 2.24) is 4.90 Å². The molecule has 3 nitrogen and oxygen atoms in total. The molecule has 0 N–H and O–H groups in total. The Morgan fingerprint density at radius 1 is 1.20 bits per heavy atom. The zero-order chi connectivity index (χ0) is 15.0. The van der Waals surface area contributed by atoms with Gasteiger partial charge in [-0.2, -0.15) is 0 Å². The van der Waals surface area contributed by atoms with Gasteiger partial charge in [-0.3, -0.25) is 4.79 Å². The average molecular weight is 336 g/mol. The molecule has 1 amide bonds.